The summed E-state index contributed by atoms with van der Waals surface area (Å²) in [5.74, 6) is 0. The molecule has 0 bridgehead atoms. The van der Waals surface area contributed by atoms with Crippen molar-refractivity contribution >= 4 is 154 Å². The summed E-state index contributed by atoms with van der Waals surface area (Å²) in [4.78, 5) is 4.73. The van der Waals surface area contributed by atoms with Gasteiger partial charge in [-0.2, -0.15) is 0 Å². The number of nitrogens with zero attached hydrogens (tertiary/aromatic N) is 4. The van der Waals surface area contributed by atoms with E-state index in [9.17, 15) is 0 Å². The molecular formula is C74H46N4O2. The number of benzene rings is 12. The molecule has 0 unspecified atom stereocenters. The second-order valence-corrected chi connectivity index (χ2v) is 21.7. The van der Waals surface area contributed by atoms with Crippen molar-refractivity contribution in [2.75, 3.05) is 9.80 Å². The lowest BCUT2D eigenvalue weighted by atomic mass is 10.0. The van der Waals surface area contributed by atoms with Crippen LogP contribution in [-0.2, 0) is 0 Å². The van der Waals surface area contributed by atoms with Crippen LogP contribution < -0.4 is 9.80 Å². The van der Waals surface area contributed by atoms with Gasteiger partial charge in [0.1, 0.15) is 11.2 Å². The predicted octanol–water partition coefficient (Wildman–Crippen LogP) is 21.0. The molecule has 0 fully saturated rings. The quantitative estimate of drug-likeness (QED) is 0.160. The van der Waals surface area contributed by atoms with Crippen LogP contribution in [0.3, 0.4) is 0 Å². The molecule has 18 rings (SSSR count). The van der Waals surface area contributed by atoms with E-state index >= 15 is 0 Å². The number of hydrogen-bond donors (Lipinski definition) is 0. The fourth-order valence-electron chi connectivity index (χ4n) is 13.8. The maximum atomic E-state index is 6.77. The molecule has 0 atom stereocenters. The molecule has 0 saturated heterocycles. The number of rotatable bonds is 7. The second-order valence-electron chi connectivity index (χ2n) is 21.7. The standard InChI is InChI=1S/C74H46N4O2/c1-43-27-35-59-53-19-9-11-25-67(53)79-73(59)69(43)75(47-15-5-3-6-16-47)49-32-29-45(30-33-49)46-31-37-51-55-21-13-23-57-61-42-66-62(41-65(61)77(71(55)57)63(51)39-46)58-24-14-22-56-52-38-34-50(40-64(52)78(66)72(56)58)76(48-17-7-4-8-18-48)70-44(2)28-36-60-54-20-10-12-26-68(54)80-74(60)70/h3-42H,1-2H3. The summed E-state index contributed by atoms with van der Waals surface area (Å²) < 4.78 is 18.5. The Morgan fingerprint density at radius 3 is 1.20 bits per heavy atom. The molecule has 374 valence electrons. The first kappa shape index (κ1) is 43.5. The van der Waals surface area contributed by atoms with Gasteiger partial charge in [0.05, 0.1) is 44.5 Å². The largest absolute Gasteiger partial charge is 0.454 e. The van der Waals surface area contributed by atoms with E-state index in [1.54, 1.807) is 0 Å². The number of hydrogen-bond acceptors (Lipinski definition) is 4. The average molecular weight is 1020 g/mol. The number of anilines is 6. The van der Waals surface area contributed by atoms with Gasteiger partial charge in [0, 0.05) is 87.4 Å². The molecule has 12 aromatic carbocycles. The number of aromatic nitrogens is 2. The van der Waals surface area contributed by atoms with E-state index in [-0.39, 0.29) is 0 Å². The van der Waals surface area contributed by atoms with Crippen molar-refractivity contribution in [1.82, 2.24) is 8.80 Å². The van der Waals surface area contributed by atoms with Crippen molar-refractivity contribution in [2.24, 2.45) is 0 Å². The maximum absolute atomic E-state index is 6.77. The van der Waals surface area contributed by atoms with E-state index in [4.69, 9.17) is 8.83 Å². The van der Waals surface area contributed by atoms with Gasteiger partial charge in [-0.1, -0.05) is 164 Å². The van der Waals surface area contributed by atoms with Crippen LogP contribution in [0.25, 0.3) is 131 Å². The Morgan fingerprint density at radius 1 is 0.275 bits per heavy atom. The van der Waals surface area contributed by atoms with Crippen molar-refractivity contribution in [3.05, 3.63) is 254 Å². The molecular weight excluding hydrogens is 977 g/mol. The third-order valence-electron chi connectivity index (χ3n) is 17.4. The minimum atomic E-state index is 0.883. The molecule has 0 aliphatic rings. The minimum absolute atomic E-state index is 0.883. The van der Waals surface area contributed by atoms with E-state index in [0.717, 1.165) is 94.7 Å². The van der Waals surface area contributed by atoms with E-state index in [2.05, 4.69) is 263 Å². The van der Waals surface area contributed by atoms with Crippen LogP contribution in [0.2, 0.25) is 0 Å². The highest BCUT2D eigenvalue weighted by Crippen LogP contribution is 2.50. The number of furan rings is 2. The highest BCUT2D eigenvalue weighted by Gasteiger charge is 2.27. The average Bonchev–Trinajstić information content (AvgIpc) is 4.40. The Balaban J connectivity index is 0.806. The Labute approximate surface area is 458 Å². The molecule has 0 aliphatic carbocycles. The molecule has 6 aromatic heterocycles. The van der Waals surface area contributed by atoms with Crippen LogP contribution in [-0.4, -0.2) is 8.80 Å². The lowest BCUT2D eigenvalue weighted by Gasteiger charge is -2.27. The molecule has 0 aliphatic heterocycles. The summed E-state index contributed by atoms with van der Waals surface area (Å²) >= 11 is 0. The van der Waals surface area contributed by atoms with Gasteiger partial charge in [0.2, 0.25) is 0 Å². The number of aryl methyl sites for hydroxylation is 2. The molecule has 6 nitrogen and oxygen atoms in total. The van der Waals surface area contributed by atoms with Crippen molar-refractivity contribution in [1.29, 1.82) is 0 Å². The molecule has 80 heavy (non-hydrogen) atoms. The molecule has 0 amide bonds. The Hall–Kier alpha value is -10.6. The van der Waals surface area contributed by atoms with Crippen LogP contribution in [0.1, 0.15) is 11.1 Å². The molecule has 6 heterocycles. The van der Waals surface area contributed by atoms with Gasteiger partial charge in [0.15, 0.2) is 11.2 Å². The van der Waals surface area contributed by atoms with Crippen LogP contribution in [0.4, 0.5) is 34.1 Å². The van der Waals surface area contributed by atoms with E-state index in [1.165, 1.54) is 81.8 Å². The molecule has 0 radical (unpaired) electrons. The van der Waals surface area contributed by atoms with Crippen molar-refractivity contribution in [3.8, 4) is 11.1 Å². The zero-order valence-electron chi connectivity index (χ0n) is 43.7. The first-order chi connectivity index (χ1) is 39.5. The Bertz CT molecular complexity index is 5570. The maximum Gasteiger partial charge on any atom is 0.159 e. The predicted molar refractivity (Wildman–Crippen MR) is 335 cm³/mol. The molecule has 6 heteroatoms. The lowest BCUT2D eigenvalue weighted by molar-refractivity contribution is 0.668. The monoisotopic (exact) mass is 1020 g/mol. The van der Waals surface area contributed by atoms with Crippen LogP contribution in [0, 0.1) is 13.8 Å². The van der Waals surface area contributed by atoms with E-state index in [0.29, 0.717) is 0 Å². The summed E-state index contributed by atoms with van der Waals surface area (Å²) in [6.45, 7) is 4.36. The number of fused-ring (bicyclic) bond motifs is 18. The molecule has 0 saturated carbocycles. The van der Waals surface area contributed by atoms with E-state index in [1.807, 2.05) is 12.1 Å². The van der Waals surface area contributed by atoms with Gasteiger partial charge in [-0.25, -0.2) is 0 Å². The molecule has 18 aromatic rings. The smallest absolute Gasteiger partial charge is 0.159 e. The first-order valence-corrected chi connectivity index (χ1v) is 27.5. The van der Waals surface area contributed by atoms with E-state index < -0.39 is 0 Å². The Morgan fingerprint density at radius 2 is 0.662 bits per heavy atom. The first-order valence-electron chi connectivity index (χ1n) is 27.5. The topological polar surface area (TPSA) is 41.6 Å². The third kappa shape index (κ3) is 5.86. The van der Waals surface area contributed by atoms with Crippen molar-refractivity contribution in [2.45, 2.75) is 13.8 Å². The zero-order chi connectivity index (χ0) is 52.5. The fraction of sp³-hybridized carbons (Fsp3) is 0.0270. The SMILES string of the molecule is Cc1ccc2c(oc3ccccc32)c1N(c1ccccc1)c1ccc(-c2ccc3c4cccc5c6cc7c(cc6n(c3c2)c45)c2cccc3c4ccc(N(c5ccccc5)c5c(C)ccc6c5oc5ccccc56)cc4n7c32)cc1. The van der Waals surface area contributed by atoms with Crippen LogP contribution in [0.15, 0.2) is 251 Å². The highest BCUT2D eigenvalue weighted by molar-refractivity contribution is 6.29. The van der Waals surface area contributed by atoms with Gasteiger partial charge < -0.3 is 27.4 Å². The number of para-hydroxylation sites is 6. The normalized spacial score (nSPS) is 12.4. The summed E-state index contributed by atoms with van der Waals surface area (Å²) in [5.41, 5.74) is 21.8. The Kier molecular flexibility index (Phi) is 8.71. The molecule has 0 N–H and O–H groups in total. The summed E-state index contributed by atoms with van der Waals surface area (Å²) in [6.07, 6.45) is 0. The van der Waals surface area contributed by atoms with Gasteiger partial charge in [-0.3, -0.25) is 0 Å². The summed E-state index contributed by atoms with van der Waals surface area (Å²) in [5, 5.41) is 14.4. The van der Waals surface area contributed by atoms with Gasteiger partial charge >= 0.3 is 0 Å². The summed E-state index contributed by atoms with van der Waals surface area (Å²) in [7, 11) is 0. The highest BCUT2D eigenvalue weighted by atomic mass is 16.3. The third-order valence-corrected chi connectivity index (χ3v) is 17.4. The zero-order valence-corrected chi connectivity index (χ0v) is 43.7. The van der Waals surface area contributed by atoms with Crippen LogP contribution >= 0.6 is 0 Å². The van der Waals surface area contributed by atoms with Crippen molar-refractivity contribution in [3.63, 3.8) is 0 Å². The van der Waals surface area contributed by atoms with Gasteiger partial charge in [-0.15, -0.1) is 0 Å². The van der Waals surface area contributed by atoms with Crippen molar-refractivity contribution < 1.29 is 8.83 Å². The van der Waals surface area contributed by atoms with Gasteiger partial charge in [-0.05, 0) is 115 Å². The fourth-order valence-corrected chi connectivity index (χ4v) is 13.8. The molecule has 0 spiro atoms. The van der Waals surface area contributed by atoms with Gasteiger partial charge in [0.25, 0.3) is 0 Å². The summed E-state index contributed by atoms with van der Waals surface area (Å²) in [6, 6.07) is 88.5. The van der Waals surface area contributed by atoms with Crippen LogP contribution in [0.5, 0.6) is 0 Å². The second kappa shape index (κ2) is 16.0. The minimum Gasteiger partial charge on any atom is -0.454 e. The lowest BCUT2D eigenvalue weighted by Crippen LogP contribution is -2.11.